The predicted molar refractivity (Wildman–Crippen MR) is 97.8 cm³/mol. The van der Waals surface area contributed by atoms with Gasteiger partial charge in [-0.15, -0.1) is 11.3 Å². The predicted octanol–water partition coefficient (Wildman–Crippen LogP) is 3.06. The Labute approximate surface area is 149 Å². The number of pyridine rings is 1. The standard InChI is InChI=1S/C18H19N5OS/c24-18(16-6-5-15(25-16)14-4-2-9-20-14)22-17-7-10-21-23(17)12-13-3-1-8-19-11-13/h1,3,5-8,10-11,14,20H,2,4,9,12H2,(H,22,24)/t14-/m0/s1. The van der Waals surface area contributed by atoms with E-state index >= 15 is 0 Å². The first-order valence-corrected chi connectivity index (χ1v) is 9.16. The topological polar surface area (TPSA) is 71.8 Å². The van der Waals surface area contributed by atoms with E-state index in [1.54, 1.807) is 40.7 Å². The van der Waals surface area contributed by atoms with E-state index in [4.69, 9.17) is 0 Å². The summed E-state index contributed by atoms with van der Waals surface area (Å²) in [5.41, 5.74) is 1.03. The van der Waals surface area contributed by atoms with Crippen molar-refractivity contribution in [3.8, 4) is 0 Å². The minimum Gasteiger partial charge on any atom is -0.309 e. The zero-order valence-corrected chi connectivity index (χ0v) is 14.5. The third-order valence-corrected chi connectivity index (χ3v) is 5.47. The highest BCUT2D eigenvalue weighted by atomic mass is 32.1. The van der Waals surface area contributed by atoms with Crippen LogP contribution >= 0.6 is 11.3 Å². The number of hydrogen-bond acceptors (Lipinski definition) is 5. The van der Waals surface area contributed by atoms with E-state index in [0.717, 1.165) is 23.4 Å². The number of hydrogen-bond donors (Lipinski definition) is 2. The molecule has 128 valence electrons. The van der Waals surface area contributed by atoms with Crippen molar-refractivity contribution in [1.29, 1.82) is 0 Å². The molecule has 1 saturated heterocycles. The normalized spacial score (nSPS) is 16.9. The van der Waals surface area contributed by atoms with Gasteiger partial charge in [-0.25, -0.2) is 4.68 Å². The SMILES string of the molecule is O=C(Nc1ccnn1Cc1cccnc1)c1ccc([C@@H]2CCCN2)s1. The highest BCUT2D eigenvalue weighted by Gasteiger charge is 2.20. The van der Waals surface area contributed by atoms with Crippen molar-refractivity contribution in [2.24, 2.45) is 0 Å². The van der Waals surface area contributed by atoms with Gasteiger partial charge in [0.2, 0.25) is 0 Å². The van der Waals surface area contributed by atoms with Gasteiger partial charge in [0.1, 0.15) is 5.82 Å². The lowest BCUT2D eigenvalue weighted by Crippen LogP contribution is -2.15. The molecule has 25 heavy (non-hydrogen) atoms. The van der Waals surface area contributed by atoms with Crippen LogP contribution in [0.4, 0.5) is 5.82 Å². The summed E-state index contributed by atoms with van der Waals surface area (Å²) in [4.78, 5) is 18.6. The van der Waals surface area contributed by atoms with Crippen LogP contribution in [0.25, 0.3) is 0 Å². The van der Waals surface area contributed by atoms with E-state index in [-0.39, 0.29) is 5.91 Å². The van der Waals surface area contributed by atoms with Crippen LogP contribution in [0, 0.1) is 0 Å². The Morgan fingerprint density at radius 2 is 2.28 bits per heavy atom. The van der Waals surface area contributed by atoms with E-state index in [1.165, 1.54) is 11.3 Å². The first kappa shape index (κ1) is 16.0. The molecule has 6 nitrogen and oxygen atoms in total. The Morgan fingerprint density at radius 1 is 1.32 bits per heavy atom. The molecule has 0 radical (unpaired) electrons. The van der Waals surface area contributed by atoms with Crippen LogP contribution in [0.2, 0.25) is 0 Å². The Balaban J connectivity index is 1.45. The number of aromatic nitrogens is 3. The Hall–Kier alpha value is -2.51. The summed E-state index contributed by atoms with van der Waals surface area (Å²) in [5.74, 6) is 0.588. The van der Waals surface area contributed by atoms with Crippen molar-refractivity contribution in [2.45, 2.75) is 25.4 Å². The van der Waals surface area contributed by atoms with E-state index < -0.39 is 0 Å². The van der Waals surface area contributed by atoms with Crippen molar-refractivity contribution in [2.75, 3.05) is 11.9 Å². The summed E-state index contributed by atoms with van der Waals surface area (Å²) in [5, 5.41) is 10.7. The van der Waals surface area contributed by atoms with E-state index in [2.05, 4.69) is 26.8 Å². The molecule has 4 heterocycles. The summed E-state index contributed by atoms with van der Waals surface area (Å²) >= 11 is 1.56. The van der Waals surface area contributed by atoms with Gasteiger partial charge in [-0.05, 0) is 43.1 Å². The molecule has 7 heteroatoms. The third-order valence-electron chi connectivity index (χ3n) is 4.27. The Kier molecular flexibility index (Phi) is 4.58. The number of amides is 1. The van der Waals surface area contributed by atoms with Gasteiger partial charge in [-0.2, -0.15) is 5.10 Å². The molecule has 4 rings (SSSR count). The average molecular weight is 353 g/mol. The first-order chi connectivity index (χ1) is 12.3. The summed E-state index contributed by atoms with van der Waals surface area (Å²) in [6.45, 7) is 1.62. The smallest absolute Gasteiger partial charge is 0.266 e. The monoisotopic (exact) mass is 353 g/mol. The second kappa shape index (κ2) is 7.16. The fourth-order valence-electron chi connectivity index (χ4n) is 3.00. The number of anilines is 1. The lowest BCUT2D eigenvalue weighted by molar-refractivity contribution is 0.102. The largest absolute Gasteiger partial charge is 0.309 e. The number of carbonyl (C=O) groups excluding carboxylic acids is 1. The molecule has 1 aliphatic heterocycles. The van der Waals surface area contributed by atoms with Crippen molar-refractivity contribution < 1.29 is 4.79 Å². The molecule has 0 aromatic carbocycles. The molecule has 2 N–H and O–H groups in total. The summed E-state index contributed by atoms with van der Waals surface area (Å²) in [6.07, 6.45) is 7.56. The van der Waals surface area contributed by atoms with E-state index in [0.29, 0.717) is 18.4 Å². The fraction of sp³-hybridized carbons (Fsp3) is 0.278. The van der Waals surface area contributed by atoms with Gasteiger partial charge in [0.15, 0.2) is 0 Å². The maximum Gasteiger partial charge on any atom is 0.266 e. The molecule has 3 aromatic heterocycles. The second-order valence-electron chi connectivity index (χ2n) is 6.04. The molecule has 0 unspecified atom stereocenters. The summed E-state index contributed by atoms with van der Waals surface area (Å²) in [7, 11) is 0. The minimum atomic E-state index is -0.0952. The second-order valence-corrected chi connectivity index (χ2v) is 7.16. The Morgan fingerprint density at radius 3 is 3.08 bits per heavy atom. The van der Waals surface area contributed by atoms with Crippen LogP contribution in [-0.2, 0) is 6.54 Å². The van der Waals surface area contributed by atoms with Gasteiger partial charge in [-0.1, -0.05) is 6.07 Å². The van der Waals surface area contributed by atoms with Crippen molar-refractivity contribution in [3.63, 3.8) is 0 Å². The van der Waals surface area contributed by atoms with Crippen molar-refractivity contribution >= 4 is 23.1 Å². The van der Waals surface area contributed by atoms with Crippen LogP contribution in [-0.4, -0.2) is 27.2 Å². The van der Waals surface area contributed by atoms with Crippen LogP contribution in [0.5, 0.6) is 0 Å². The number of nitrogens with one attached hydrogen (secondary N) is 2. The van der Waals surface area contributed by atoms with Crippen LogP contribution in [0.1, 0.15) is 39.0 Å². The fourth-order valence-corrected chi connectivity index (χ4v) is 4.01. The number of thiophene rings is 1. The third kappa shape index (κ3) is 3.62. The molecule has 0 spiro atoms. The molecule has 1 atom stereocenters. The zero-order chi connectivity index (χ0) is 17.1. The molecule has 1 fully saturated rings. The number of rotatable bonds is 5. The van der Waals surface area contributed by atoms with Gasteiger partial charge in [-0.3, -0.25) is 9.78 Å². The highest BCUT2D eigenvalue weighted by Crippen LogP contribution is 2.29. The number of carbonyl (C=O) groups is 1. The average Bonchev–Trinajstić information content (AvgIpc) is 3.38. The zero-order valence-electron chi connectivity index (χ0n) is 13.7. The van der Waals surface area contributed by atoms with Gasteiger partial charge in [0.25, 0.3) is 5.91 Å². The maximum atomic E-state index is 12.6. The van der Waals surface area contributed by atoms with Crippen molar-refractivity contribution in [3.05, 3.63) is 64.2 Å². The van der Waals surface area contributed by atoms with Gasteiger partial charge < -0.3 is 10.6 Å². The van der Waals surface area contributed by atoms with Crippen molar-refractivity contribution in [1.82, 2.24) is 20.1 Å². The van der Waals surface area contributed by atoms with Gasteiger partial charge in [0.05, 0.1) is 17.6 Å². The lowest BCUT2D eigenvalue weighted by Gasteiger charge is -2.08. The van der Waals surface area contributed by atoms with E-state index in [1.807, 2.05) is 18.2 Å². The van der Waals surface area contributed by atoms with Crippen LogP contribution in [0.3, 0.4) is 0 Å². The maximum absolute atomic E-state index is 12.6. The quantitative estimate of drug-likeness (QED) is 0.739. The molecule has 1 aliphatic rings. The molecule has 0 bridgehead atoms. The number of nitrogens with zero attached hydrogens (tertiary/aromatic N) is 3. The molecule has 1 amide bonds. The summed E-state index contributed by atoms with van der Waals surface area (Å²) < 4.78 is 1.77. The summed E-state index contributed by atoms with van der Waals surface area (Å²) in [6, 6.07) is 10.0. The van der Waals surface area contributed by atoms with Crippen LogP contribution in [0.15, 0.2) is 48.9 Å². The van der Waals surface area contributed by atoms with E-state index in [9.17, 15) is 4.79 Å². The van der Waals surface area contributed by atoms with Gasteiger partial charge in [0, 0.05) is 29.4 Å². The van der Waals surface area contributed by atoms with Gasteiger partial charge >= 0.3 is 0 Å². The molecule has 3 aromatic rings. The molecule has 0 saturated carbocycles. The molecular weight excluding hydrogens is 334 g/mol. The Bertz CT molecular complexity index is 851. The highest BCUT2D eigenvalue weighted by molar-refractivity contribution is 7.14. The molecular formula is C18H19N5OS. The lowest BCUT2D eigenvalue weighted by atomic mass is 10.2. The minimum absolute atomic E-state index is 0.0952. The molecule has 0 aliphatic carbocycles. The van der Waals surface area contributed by atoms with Crippen LogP contribution < -0.4 is 10.6 Å². The first-order valence-electron chi connectivity index (χ1n) is 8.35.